The number of aromatic nitrogens is 4. The first-order valence-electron chi connectivity index (χ1n) is 6.72. The Bertz CT molecular complexity index is 562. The highest BCUT2D eigenvalue weighted by atomic mass is 15.2. The summed E-state index contributed by atoms with van der Waals surface area (Å²) in [5, 5.41) is 4.23. The van der Waals surface area contributed by atoms with Crippen molar-refractivity contribution in [2.24, 2.45) is 13.0 Å². The van der Waals surface area contributed by atoms with E-state index in [-0.39, 0.29) is 0 Å². The molecule has 5 nitrogen and oxygen atoms in total. The van der Waals surface area contributed by atoms with Crippen LogP contribution >= 0.6 is 0 Å². The molecule has 1 aliphatic heterocycles. The van der Waals surface area contributed by atoms with E-state index in [0.29, 0.717) is 5.92 Å². The number of nitrogens with zero attached hydrogens (tertiary/aromatic N) is 5. The molecule has 0 aliphatic carbocycles. The third-order valence-electron chi connectivity index (χ3n) is 3.68. The highest BCUT2D eigenvalue weighted by Gasteiger charge is 2.24. The molecular formula is C14H19N5. The molecule has 1 aliphatic rings. The van der Waals surface area contributed by atoms with Gasteiger partial charge in [0, 0.05) is 38.1 Å². The van der Waals surface area contributed by atoms with Gasteiger partial charge in [-0.2, -0.15) is 5.10 Å². The van der Waals surface area contributed by atoms with E-state index < -0.39 is 0 Å². The van der Waals surface area contributed by atoms with Gasteiger partial charge in [0.05, 0.1) is 6.20 Å². The predicted octanol–water partition coefficient (Wildman–Crippen LogP) is 1.59. The van der Waals surface area contributed by atoms with Gasteiger partial charge >= 0.3 is 0 Å². The topological polar surface area (TPSA) is 46.8 Å². The molecule has 0 radical (unpaired) electrons. The summed E-state index contributed by atoms with van der Waals surface area (Å²) in [6.45, 7) is 4.17. The van der Waals surface area contributed by atoms with E-state index in [9.17, 15) is 0 Å². The summed E-state index contributed by atoms with van der Waals surface area (Å²) in [5.41, 5.74) is 2.36. The van der Waals surface area contributed by atoms with Crippen LogP contribution in [0.25, 0.3) is 0 Å². The van der Waals surface area contributed by atoms with Crippen molar-refractivity contribution in [1.82, 2.24) is 19.7 Å². The molecular weight excluding hydrogens is 238 g/mol. The summed E-state index contributed by atoms with van der Waals surface area (Å²) in [6.07, 6.45) is 8.06. The van der Waals surface area contributed by atoms with Crippen molar-refractivity contribution >= 4 is 5.82 Å². The van der Waals surface area contributed by atoms with Crippen LogP contribution in [0.5, 0.6) is 0 Å². The van der Waals surface area contributed by atoms with E-state index in [1.54, 1.807) is 6.33 Å². The first-order chi connectivity index (χ1) is 9.20. The Hall–Kier alpha value is -1.91. The average molecular weight is 257 g/mol. The standard InChI is InChI=1S/C14H19N5/c1-11-5-14(16-10-15-11)19-4-3-12(9-19)6-13-7-17-18(2)8-13/h5,7-8,10,12H,3-4,6,9H2,1-2H3. The Morgan fingerprint density at radius 3 is 3.00 bits per heavy atom. The molecule has 1 fully saturated rings. The maximum atomic E-state index is 4.37. The zero-order valence-corrected chi connectivity index (χ0v) is 11.5. The van der Waals surface area contributed by atoms with E-state index in [1.807, 2.05) is 24.9 Å². The molecule has 1 atom stereocenters. The summed E-state index contributed by atoms with van der Waals surface area (Å²) >= 11 is 0. The molecule has 0 spiro atoms. The van der Waals surface area contributed by atoms with Crippen molar-refractivity contribution in [3.8, 4) is 0 Å². The highest BCUT2D eigenvalue weighted by Crippen LogP contribution is 2.24. The monoisotopic (exact) mass is 257 g/mol. The SMILES string of the molecule is Cc1cc(N2CCC(Cc3cnn(C)c3)C2)ncn1. The normalized spacial score (nSPS) is 19.1. The van der Waals surface area contributed by atoms with Gasteiger partial charge in [0.25, 0.3) is 0 Å². The van der Waals surface area contributed by atoms with Crippen LogP contribution in [-0.2, 0) is 13.5 Å². The number of hydrogen-bond acceptors (Lipinski definition) is 4. The Kier molecular flexibility index (Phi) is 3.19. The van der Waals surface area contributed by atoms with Gasteiger partial charge in [0.1, 0.15) is 12.1 Å². The van der Waals surface area contributed by atoms with Gasteiger partial charge in [-0.15, -0.1) is 0 Å². The maximum absolute atomic E-state index is 4.37. The van der Waals surface area contributed by atoms with Crippen molar-refractivity contribution in [2.75, 3.05) is 18.0 Å². The third-order valence-corrected chi connectivity index (χ3v) is 3.68. The van der Waals surface area contributed by atoms with Gasteiger partial charge in [0.2, 0.25) is 0 Å². The van der Waals surface area contributed by atoms with Crippen molar-refractivity contribution in [3.63, 3.8) is 0 Å². The van der Waals surface area contributed by atoms with Gasteiger partial charge in [-0.25, -0.2) is 9.97 Å². The lowest BCUT2D eigenvalue weighted by molar-refractivity contribution is 0.586. The molecule has 1 unspecified atom stereocenters. The van der Waals surface area contributed by atoms with Crippen LogP contribution in [0.3, 0.4) is 0 Å². The fraction of sp³-hybridized carbons (Fsp3) is 0.500. The van der Waals surface area contributed by atoms with Gasteiger partial charge < -0.3 is 4.90 Å². The van der Waals surface area contributed by atoms with Crippen molar-refractivity contribution in [1.29, 1.82) is 0 Å². The molecule has 19 heavy (non-hydrogen) atoms. The number of rotatable bonds is 3. The summed E-state index contributed by atoms with van der Waals surface area (Å²) in [4.78, 5) is 10.9. The lowest BCUT2D eigenvalue weighted by Crippen LogP contribution is -2.21. The van der Waals surface area contributed by atoms with E-state index in [2.05, 4.69) is 32.2 Å². The Balaban J connectivity index is 1.64. The van der Waals surface area contributed by atoms with E-state index in [0.717, 1.165) is 31.0 Å². The number of hydrogen-bond donors (Lipinski definition) is 0. The Labute approximate surface area is 113 Å². The van der Waals surface area contributed by atoms with Crippen LogP contribution in [0.15, 0.2) is 24.8 Å². The van der Waals surface area contributed by atoms with Crippen molar-refractivity contribution in [2.45, 2.75) is 19.8 Å². The van der Waals surface area contributed by atoms with Gasteiger partial charge in [-0.3, -0.25) is 4.68 Å². The van der Waals surface area contributed by atoms with Gasteiger partial charge in [-0.05, 0) is 31.2 Å². The third kappa shape index (κ3) is 2.75. The summed E-state index contributed by atoms with van der Waals surface area (Å²) in [7, 11) is 1.97. The number of aryl methyl sites for hydroxylation is 2. The molecule has 2 aromatic heterocycles. The number of anilines is 1. The summed E-state index contributed by atoms with van der Waals surface area (Å²) < 4.78 is 1.87. The molecule has 3 heterocycles. The molecule has 2 aromatic rings. The van der Waals surface area contributed by atoms with Crippen LogP contribution in [0.4, 0.5) is 5.82 Å². The zero-order chi connectivity index (χ0) is 13.2. The Morgan fingerprint density at radius 2 is 2.26 bits per heavy atom. The molecule has 0 aromatic carbocycles. The minimum Gasteiger partial charge on any atom is -0.356 e. The molecule has 0 saturated carbocycles. The average Bonchev–Trinajstić information content (AvgIpc) is 2.99. The lowest BCUT2D eigenvalue weighted by Gasteiger charge is -2.17. The second-order valence-corrected chi connectivity index (χ2v) is 5.34. The molecule has 0 N–H and O–H groups in total. The maximum Gasteiger partial charge on any atom is 0.132 e. The van der Waals surface area contributed by atoms with E-state index >= 15 is 0 Å². The smallest absolute Gasteiger partial charge is 0.132 e. The summed E-state index contributed by atoms with van der Waals surface area (Å²) in [6, 6.07) is 2.06. The van der Waals surface area contributed by atoms with Gasteiger partial charge in [-0.1, -0.05) is 0 Å². The van der Waals surface area contributed by atoms with Crippen LogP contribution < -0.4 is 4.90 Å². The van der Waals surface area contributed by atoms with Crippen LogP contribution in [-0.4, -0.2) is 32.8 Å². The van der Waals surface area contributed by atoms with Gasteiger partial charge in [0.15, 0.2) is 0 Å². The fourth-order valence-corrected chi connectivity index (χ4v) is 2.73. The molecule has 3 rings (SSSR count). The highest BCUT2D eigenvalue weighted by molar-refractivity contribution is 5.40. The molecule has 1 saturated heterocycles. The first kappa shape index (κ1) is 12.1. The largest absolute Gasteiger partial charge is 0.356 e. The lowest BCUT2D eigenvalue weighted by atomic mass is 10.0. The van der Waals surface area contributed by atoms with E-state index in [4.69, 9.17) is 0 Å². The second-order valence-electron chi connectivity index (χ2n) is 5.34. The zero-order valence-electron chi connectivity index (χ0n) is 11.5. The molecule has 5 heteroatoms. The van der Waals surface area contributed by atoms with Crippen molar-refractivity contribution < 1.29 is 0 Å². The van der Waals surface area contributed by atoms with Crippen LogP contribution in [0.1, 0.15) is 17.7 Å². The fourth-order valence-electron chi connectivity index (χ4n) is 2.73. The second kappa shape index (κ2) is 4.99. The van der Waals surface area contributed by atoms with Crippen molar-refractivity contribution in [3.05, 3.63) is 36.0 Å². The first-order valence-corrected chi connectivity index (χ1v) is 6.72. The quantitative estimate of drug-likeness (QED) is 0.837. The van der Waals surface area contributed by atoms with Crippen LogP contribution in [0, 0.1) is 12.8 Å². The summed E-state index contributed by atoms with van der Waals surface area (Å²) in [5.74, 6) is 1.75. The molecule has 0 bridgehead atoms. The van der Waals surface area contributed by atoms with Crippen LogP contribution in [0.2, 0.25) is 0 Å². The minimum absolute atomic E-state index is 0.694. The molecule has 100 valence electrons. The Morgan fingerprint density at radius 1 is 1.37 bits per heavy atom. The molecule has 0 amide bonds. The minimum atomic E-state index is 0.694. The predicted molar refractivity (Wildman–Crippen MR) is 74.0 cm³/mol. The van der Waals surface area contributed by atoms with E-state index in [1.165, 1.54) is 12.0 Å².